The maximum atomic E-state index is 12.9. The van der Waals surface area contributed by atoms with Gasteiger partial charge in [-0.3, -0.25) is 0 Å². The van der Waals surface area contributed by atoms with E-state index >= 15 is 0 Å². The first kappa shape index (κ1) is 17.6. The second-order valence-electron chi connectivity index (χ2n) is 5.61. The lowest BCUT2D eigenvalue weighted by Crippen LogP contribution is -2.31. The molecule has 23 heavy (non-hydrogen) atoms. The van der Waals surface area contributed by atoms with Gasteiger partial charge in [-0.2, -0.15) is 13.2 Å². The third-order valence-electron chi connectivity index (χ3n) is 3.86. The quantitative estimate of drug-likeness (QED) is 0.808. The SMILES string of the molecule is O=C(O)c1ccc(OCCCN2CCCCC2)cc1C(F)(F)F. The van der Waals surface area contributed by atoms with Gasteiger partial charge in [0.05, 0.1) is 17.7 Å². The number of benzene rings is 1. The smallest absolute Gasteiger partial charge is 0.417 e. The molecule has 0 radical (unpaired) electrons. The van der Waals surface area contributed by atoms with Gasteiger partial charge in [-0.25, -0.2) is 4.79 Å². The summed E-state index contributed by atoms with van der Waals surface area (Å²) in [5, 5.41) is 8.83. The monoisotopic (exact) mass is 331 g/mol. The molecule has 0 atom stereocenters. The molecule has 0 amide bonds. The van der Waals surface area contributed by atoms with Crippen molar-refractivity contribution in [2.24, 2.45) is 0 Å². The van der Waals surface area contributed by atoms with Crippen LogP contribution in [0.15, 0.2) is 18.2 Å². The number of hydrogen-bond donors (Lipinski definition) is 1. The summed E-state index contributed by atoms with van der Waals surface area (Å²) in [5.74, 6) is -1.56. The van der Waals surface area contributed by atoms with Crippen molar-refractivity contribution >= 4 is 5.97 Å². The van der Waals surface area contributed by atoms with Crippen LogP contribution in [0.25, 0.3) is 0 Å². The molecular weight excluding hydrogens is 311 g/mol. The van der Waals surface area contributed by atoms with Crippen LogP contribution in [0.1, 0.15) is 41.6 Å². The van der Waals surface area contributed by atoms with Gasteiger partial charge in [-0.1, -0.05) is 6.42 Å². The van der Waals surface area contributed by atoms with E-state index in [2.05, 4.69) is 4.90 Å². The van der Waals surface area contributed by atoms with Gasteiger partial charge in [-0.05, 0) is 50.6 Å². The van der Waals surface area contributed by atoms with Crippen LogP contribution in [0, 0.1) is 0 Å². The molecule has 0 aliphatic carbocycles. The fraction of sp³-hybridized carbons (Fsp3) is 0.562. The molecule has 2 rings (SSSR count). The highest BCUT2D eigenvalue weighted by molar-refractivity contribution is 5.89. The molecule has 1 aliphatic heterocycles. The van der Waals surface area contributed by atoms with Gasteiger partial charge in [0.2, 0.25) is 0 Å². The van der Waals surface area contributed by atoms with Gasteiger partial charge in [0, 0.05) is 6.54 Å². The molecule has 128 valence electrons. The van der Waals surface area contributed by atoms with Crippen molar-refractivity contribution in [2.75, 3.05) is 26.2 Å². The minimum absolute atomic E-state index is 0.0426. The molecular formula is C16H20F3NO3. The van der Waals surface area contributed by atoms with E-state index in [-0.39, 0.29) is 5.75 Å². The van der Waals surface area contributed by atoms with E-state index in [1.54, 1.807) is 0 Å². The number of nitrogens with zero attached hydrogens (tertiary/aromatic N) is 1. The fourth-order valence-electron chi connectivity index (χ4n) is 2.70. The van der Waals surface area contributed by atoms with Gasteiger partial charge in [0.1, 0.15) is 5.75 Å². The highest BCUT2D eigenvalue weighted by atomic mass is 19.4. The number of halogens is 3. The highest BCUT2D eigenvalue weighted by Gasteiger charge is 2.35. The average Bonchev–Trinajstić information content (AvgIpc) is 2.51. The largest absolute Gasteiger partial charge is 0.494 e. The summed E-state index contributed by atoms with van der Waals surface area (Å²) in [6.45, 7) is 3.29. The summed E-state index contributed by atoms with van der Waals surface area (Å²) in [6, 6.07) is 2.95. The van der Waals surface area contributed by atoms with Crippen molar-refractivity contribution < 1.29 is 27.8 Å². The standard InChI is InChI=1S/C16H20F3NO3/c17-16(18,19)14-11-12(5-6-13(14)15(21)22)23-10-4-9-20-7-2-1-3-8-20/h5-6,11H,1-4,7-10H2,(H,21,22). The van der Waals surface area contributed by atoms with Gasteiger partial charge in [-0.15, -0.1) is 0 Å². The first-order valence-electron chi connectivity index (χ1n) is 7.67. The average molecular weight is 331 g/mol. The fourth-order valence-corrected chi connectivity index (χ4v) is 2.70. The van der Waals surface area contributed by atoms with Crippen molar-refractivity contribution in [3.63, 3.8) is 0 Å². The van der Waals surface area contributed by atoms with Crippen LogP contribution in [-0.2, 0) is 6.18 Å². The van der Waals surface area contributed by atoms with E-state index in [9.17, 15) is 18.0 Å². The number of alkyl halides is 3. The second kappa shape index (κ2) is 7.68. The van der Waals surface area contributed by atoms with E-state index in [0.717, 1.165) is 38.2 Å². The third-order valence-corrected chi connectivity index (χ3v) is 3.86. The summed E-state index contributed by atoms with van der Waals surface area (Å²) in [4.78, 5) is 13.2. The van der Waals surface area contributed by atoms with E-state index in [1.807, 2.05) is 0 Å². The Morgan fingerprint density at radius 1 is 1.22 bits per heavy atom. The topological polar surface area (TPSA) is 49.8 Å². The van der Waals surface area contributed by atoms with Gasteiger partial charge >= 0.3 is 12.1 Å². The van der Waals surface area contributed by atoms with Crippen LogP contribution in [0.3, 0.4) is 0 Å². The molecule has 0 spiro atoms. The molecule has 0 unspecified atom stereocenters. The predicted molar refractivity (Wildman–Crippen MR) is 78.8 cm³/mol. The Labute approximate surface area is 132 Å². The Morgan fingerprint density at radius 3 is 2.52 bits per heavy atom. The van der Waals surface area contributed by atoms with E-state index in [1.165, 1.54) is 25.3 Å². The summed E-state index contributed by atoms with van der Waals surface area (Å²) >= 11 is 0. The zero-order chi connectivity index (χ0) is 16.9. The molecule has 0 aromatic heterocycles. The third kappa shape index (κ3) is 5.13. The van der Waals surface area contributed by atoms with Gasteiger partial charge in [0.25, 0.3) is 0 Å². The van der Waals surface area contributed by atoms with Crippen LogP contribution in [0.5, 0.6) is 5.75 Å². The van der Waals surface area contributed by atoms with E-state index < -0.39 is 23.3 Å². The predicted octanol–water partition coefficient (Wildman–Crippen LogP) is 3.66. The lowest BCUT2D eigenvalue weighted by molar-refractivity contribution is -0.138. The number of likely N-dealkylation sites (tertiary alicyclic amines) is 1. The summed E-state index contributed by atoms with van der Waals surface area (Å²) < 4.78 is 44.0. The number of rotatable bonds is 6. The number of carboxylic acids is 1. The Bertz CT molecular complexity index is 540. The normalized spacial score (nSPS) is 16.3. The van der Waals surface area contributed by atoms with Gasteiger partial charge < -0.3 is 14.7 Å². The van der Waals surface area contributed by atoms with Crippen molar-refractivity contribution in [3.05, 3.63) is 29.3 Å². The number of carbonyl (C=O) groups is 1. The molecule has 7 heteroatoms. The molecule has 0 saturated carbocycles. The van der Waals surface area contributed by atoms with Crippen molar-refractivity contribution in [3.8, 4) is 5.75 Å². The van der Waals surface area contributed by atoms with E-state index in [4.69, 9.17) is 9.84 Å². The molecule has 1 N–H and O–H groups in total. The maximum Gasteiger partial charge on any atom is 0.417 e. The number of aromatic carboxylic acids is 1. The number of ether oxygens (including phenoxy) is 1. The minimum Gasteiger partial charge on any atom is -0.494 e. The minimum atomic E-state index is -4.72. The molecule has 1 saturated heterocycles. The maximum absolute atomic E-state index is 12.9. The lowest BCUT2D eigenvalue weighted by Gasteiger charge is -2.26. The van der Waals surface area contributed by atoms with Crippen molar-refractivity contribution in [1.29, 1.82) is 0 Å². The Morgan fingerprint density at radius 2 is 1.91 bits per heavy atom. The molecule has 1 aliphatic rings. The van der Waals surface area contributed by atoms with Gasteiger partial charge in [0.15, 0.2) is 0 Å². The van der Waals surface area contributed by atoms with E-state index in [0.29, 0.717) is 6.61 Å². The van der Waals surface area contributed by atoms with Crippen molar-refractivity contribution in [2.45, 2.75) is 31.9 Å². The Kier molecular flexibility index (Phi) is 5.87. The lowest BCUT2D eigenvalue weighted by atomic mass is 10.1. The van der Waals surface area contributed by atoms with Crippen LogP contribution >= 0.6 is 0 Å². The zero-order valence-corrected chi connectivity index (χ0v) is 12.7. The first-order valence-corrected chi connectivity index (χ1v) is 7.67. The van der Waals surface area contributed by atoms with Crippen LogP contribution in [0.4, 0.5) is 13.2 Å². The Hall–Kier alpha value is -1.76. The zero-order valence-electron chi connectivity index (χ0n) is 12.7. The number of carboxylic acid groups (broad SMARTS) is 1. The Balaban J connectivity index is 1.91. The molecule has 1 heterocycles. The highest BCUT2D eigenvalue weighted by Crippen LogP contribution is 2.34. The summed E-state index contributed by atoms with van der Waals surface area (Å²) in [7, 11) is 0. The van der Waals surface area contributed by atoms with Crippen LogP contribution in [-0.4, -0.2) is 42.2 Å². The molecule has 1 aromatic carbocycles. The number of hydrogen-bond acceptors (Lipinski definition) is 3. The van der Waals surface area contributed by atoms with Crippen molar-refractivity contribution in [1.82, 2.24) is 4.90 Å². The summed E-state index contributed by atoms with van der Waals surface area (Å²) in [6.07, 6.45) is -0.370. The van der Waals surface area contributed by atoms with Crippen LogP contribution < -0.4 is 4.74 Å². The van der Waals surface area contributed by atoms with Crippen LogP contribution in [0.2, 0.25) is 0 Å². The molecule has 0 bridgehead atoms. The number of piperidine rings is 1. The first-order chi connectivity index (χ1) is 10.9. The second-order valence-corrected chi connectivity index (χ2v) is 5.61. The summed E-state index contributed by atoms with van der Waals surface area (Å²) in [5.41, 5.74) is -1.95. The molecule has 1 fully saturated rings. The molecule has 1 aromatic rings. The molecule has 4 nitrogen and oxygen atoms in total.